The summed E-state index contributed by atoms with van der Waals surface area (Å²) in [6.45, 7) is 8.77. The van der Waals surface area contributed by atoms with E-state index in [4.69, 9.17) is 0 Å². The molecule has 1 aromatic carbocycles. The Labute approximate surface area is 162 Å². The molecule has 1 aromatic heterocycles. The number of rotatable bonds is 5. The van der Waals surface area contributed by atoms with Crippen molar-refractivity contribution in [1.29, 1.82) is 0 Å². The summed E-state index contributed by atoms with van der Waals surface area (Å²) >= 11 is 0. The zero-order valence-corrected chi connectivity index (χ0v) is 16.4. The molecule has 1 saturated heterocycles. The van der Waals surface area contributed by atoms with Gasteiger partial charge in [-0.2, -0.15) is 0 Å². The third-order valence-electron chi connectivity index (χ3n) is 5.77. The van der Waals surface area contributed by atoms with Crippen LogP contribution < -0.4 is 0 Å². The van der Waals surface area contributed by atoms with Gasteiger partial charge in [-0.05, 0) is 50.0 Å². The van der Waals surface area contributed by atoms with E-state index in [2.05, 4.69) is 59.7 Å². The Morgan fingerprint density at radius 1 is 1.07 bits per heavy atom. The van der Waals surface area contributed by atoms with Gasteiger partial charge in [-0.3, -0.25) is 9.69 Å². The van der Waals surface area contributed by atoms with E-state index in [-0.39, 0.29) is 5.91 Å². The van der Waals surface area contributed by atoms with Gasteiger partial charge in [-0.15, -0.1) is 0 Å². The number of benzene rings is 1. The minimum Gasteiger partial charge on any atom is -0.346 e. The predicted molar refractivity (Wildman–Crippen MR) is 110 cm³/mol. The standard InChI is InChI=1S/C23H29N3O/c1-18-16-21(19(2)26(18)22-9-10-22)8-11-23(27)25-14-12-24(13-15-25)17-20-6-4-3-5-7-20/h3-8,11,16,22H,9-10,12-15,17H2,1-2H3. The second-order valence-corrected chi connectivity index (χ2v) is 7.85. The van der Waals surface area contributed by atoms with Crippen LogP contribution in [0.1, 0.15) is 41.4 Å². The maximum atomic E-state index is 12.6. The van der Waals surface area contributed by atoms with Crippen molar-refractivity contribution in [1.82, 2.24) is 14.4 Å². The number of nitrogens with zero attached hydrogens (tertiary/aromatic N) is 3. The van der Waals surface area contributed by atoms with Gasteiger partial charge in [0.2, 0.25) is 5.91 Å². The van der Waals surface area contributed by atoms with Crippen molar-refractivity contribution in [3.63, 3.8) is 0 Å². The second kappa shape index (κ2) is 7.73. The molecule has 0 spiro atoms. The summed E-state index contributed by atoms with van der Waals surface area (Å²) < 4.78 is 2.42. The molecule has 2 aliphatic rings. The van der Waals surface area contributed by atoms with Gasteiger partial charge in [0.25, 0.3) is 0 Å². The van der Waals surface area contributed by atoms with E-state index >= 15 is 0 Å². The number of hydrogen-bond donors (Lipinski definition) is 0. The first-order chi connectivity index (χ1) is 13.1. The van der Waals surface area contributed by atoms with Gasteiger partial charge in [0, 0.05) is 56.2 Å². The Bertz CT molecular complexity index is 825. The van der Waals surface area contributed by atoms with Gasteiger partial charge in [-0.1, -0.05) is 30.3 Å². The number of piperazine rings is 1. The van der Waals surface area contributed by atoms with E-state index in [1.54, 1.807) is 6.08 Å². The number of aromatic nitrogens is 1. The molecule has 2 fully saturated rings. The van der Waals surface area contributed by atoms with Crippen LogP contribution in [0.2, 0.25) is 0 Å². The number of amides is 1. The average molecular weight is 364 g/mol. The smallest absolute Gasteiger partial charge is 0.246 e. The highest BCUT2D eigenvalue weighted by Gasteiger charge is 2.26. The number of aryl methyl sites for hydroxylation is 1. The Morgan fingerprint density at radius 3 is 2.44 bits per heavy atom. The summed E-state index contributed by atoms with van der Waals surface area (Å²) in [7, 11) is 0. The van der Waals surface area contributed by atoms with Crippen molar-refractivity contribution in [2.24, 2.45) is 0 Å². The van der Waals surface area contributed by atoms with Crippen molar-refractivity contribution in [2.75, 3.05) is 26.2 Å². The van der Waals surface area contributed by atoms with E-state index in [1.165, 1.54) is 35.4 Å². The molecule has 0 unspecified atom stereocenters. The molecule has 1 aliphatic carbocycles. The van der Waals surface area contributed by atoms with Crippen LogP contribution in [0.25, 0.3) is 6.08 Å². The molecule has 4 nitrogen and oxygen atoms in total. The maximum absolute atomic E-state index is 12.6. The maximum Gasteiger partial charge on any atom is 0.246 e. The van der Waals surface area contributed by atoms with Crippen molar-refractivity contribution in [3.8, 4) is 0 Å². The van der Waals surface area contributed by atoms with Crippen LogP contribution >= 0.6 is 0 Å². The molecule has 0 N–H and O–H groups in total. The van der Waals surface area contributed by atoms with Gasteiger partial charge >= 0.3 is 0 Å². The molecule has 1 amide bonds. The first kappa shape index (κ1) is 18.1. The fourth-order valence-corrected chi connectivity index (χ4v) is 4.10. The lowest BCUT2D eigenvalue weighted by atomic mass is 10.2. The Balaban J connectivity index is 1.32. The SMILES string of the molecule is Cc1cc(C=CC(=O)N2CCN(Cc3ccccc3)CC2)c(C)n1C1CC1. The molecule has 4 heteroatoms. The topological polar surface area (TPSA) is 28.5 Å². The molecule has 0 radical (unpaired) electrons. The van der Waals surface area contributed by atoms with Crippen molar-refractivity contribution in [3.05, 3.63) is 65.0 Å². The molecule has 1 saturated carbocycles. The molecule has 1 aliphatic heterocycles. The van der Waals surface area contributed by atoms with E-state index in [9.17, 15) is 4.79 Å². The molecule has 27 heavy (non-hydrogen) atoms. The van der Waals surface area contributed by atoms with Gasteiger partial charge < -0.3 is 9.47 Å². The molecule has 0 bridgehead atoms. The highest BCUT2D eigenvalue weighted by Crippen LogP contribution is 2.38. The first-order valence-corrected chi connectivity index (χ1v) is 10.0. The van der Waals surface area contributed by atoms with E-state index in [0.29, 0.717) is 6.04 Å². The highest BCUT2D eigenvalue weighted by molar-refractivity contribution is 5.92. The average Bonchev–Trinajstić information content (AvgIpc) is 3.47. The van der Waals surface area contributed by atoms with E-state index < -0.39 is 0 Å². The summed E-state index contributed by atoms with van der Waals surface area (Å²) in [4.78, 5) is 17.0. The highest BCUT2D eigenvalue weighted by atomic mass is 16.2. The number of carbonyl (C=O) groups is 1. The lowest BCUT2D eigenvalue weighted by Crippen LogP contribution is -2.47. The van der Waals surface area contributed by atoms with Crippen LogP contribution in [0.3, 0.4) is 0 Å². The number of hydrogen-bond acceptors (Lipinski definition) is 2. The fraction of sp³-hybridized carbons (Fsp3) is 0.435. The minimum absolute atomic E-state index is 0.130. The normalized spacial score (nSPS) is 18.4. The summed E-state index contributed by atoms with van der Waals surface area (Å²) in [5, 5.41) is 0. The Morgan fingerprint density at radius 2 is 1.78 bits per heavy atom. The lowest BCUT2D eigenvalue weighted by molar-refractivity contribution is -0.127. The van der Waals surface area contributed by atoms with Crippen molar-refractivity contribution < 1.29 is 4.79 Å². The predicted octanol–water partition coefficient (Wildman–Crippen LogP) is 3.80. The monoisotopic (exact) mass is 363 g/mol. The largest absolute Gasteiger partial charge is 0.346 e. The van der Waals surface area contributed by atoms with Crippen LogP contribution in [0.4, 0.5) is 0 Å². The Hall–Kier alpha value is -2.33. The zero-order chi connectivity index (χ0) is 18.8. The van der Waals surface area contributed by atoms with Gasteiger partial charge in [0.1, 0.15) is 0 Å². The third-order valence-corrected chi connectivity index (χ3v) is 5.77. The van der Waals surface area contributed by atoms with E-state index in [0.717, 1.165) is 32.7 Å². The van der Waals surface area contributed by atoms with Crippen LogP contribution in [-0.2, 0) is 11.3 Å². The van der Waals surface area contributed by atoms with Gasteiger partial charge in [0.05, 0.1) is 0 Å². The number of carbonyl (C=O) groups excluding carboxylic acids is 1. The van der Waals surface area contributed by atoms with Crippen LogP contribution in [0, 0.1) is 13.8 Å². The van der Waals surface area contributed by atoms with Crippen LogP contribution in [0.15, 0.2) is 42.5 Å². The minimum atomic E-state index is 0.130. The fourth-order valence-electron chi connectivity index (χ4n) is 4.10. The van der Waals surface area contributed by atoms with Crippen LogP contribution in [-0.4, -0.2) is 46.5 Å². The molecular formula is C23H29N3O. The molecule has 0 atom stereocenters. The zero-order valence-electron chi connectivity index (χ0n) is 16.4. The van der Waals surface area contributed by atoms with Crippen molar-refractivity contribution in [2.45, 2.75) is 39.3 Å². The third kappa shape index (κ3) is 4.16. The first-order valence-electron chi connectivity index (χ1n) is 10.0. The Kier molecular flexibility index (Phi) is 5.17. The lowest BCUT2D eigenvalue weighted by Gasteiger charge is -2.34. The van der Waals surface area contributed by atoms with Gasteiger partial charge in [-0.25, -0.2) is 0 Å². The van der Waals surface area contributed by atoms with E-state index in [1.807, 2.05) is 11.0 Å². The summed E-state index contributed by atoms with van der Waals surface area (Å²) in [5.74, 6) is 0.130. The quantitative estimate of drug-likeness (QED) is 0.756. The summed E-state index contributed by atoms with van der Waals surface area (Å²) in [6, 6.07) is 13.4. The summed E-state index contributed by atoms with van der Waals surface area (Å²) in [5.41, 5.74) is 5.10. The summed E-state index contributed by atoms with van der Waals surface area (Å²) in [6.07, 6.45) is 6.32. The van der Waals surface area contributed by atoms with Crippen LogP contribution in [0.5, 0.6) is 0 Å². The molecular weight excluding hydrogens is 334 g/mol. The molecule has 2 heterocycles. The molecule has 2 aromatic rings. The van der Waals surface area contributed by atoms with Crippen molar-refractivity contribution >= 4 is 12.0 Å². The second-order valence-electron chi connectivity index (χ2n) is 7.85. The van der Waals surface area contributed by atoms with Gasteiger partial charge in [0.15, 0.2) is 0 Å². The molecule has 142 valence electrons. The molecule has 4 rings (SSSR count).